The van der Waals surface area contributed by atoms with Crippen LogP contribution in [0, 0.1) is 0 Å². The molecule has 0 aromatic carbocycles. The molecule has 0 radical (unpaired) electrons. The number of anilines is 1. The lowest BCUT2D eigenvalue weighted by atomic mass is 10.3. The van der Waals surface area contributed by atoms with Crippen LogP contribution >= 0.6 is 15.9 Å². The van der Waals surface area contributed by atoms with Crippen LogP contribution in [0.3, 0.4) is 0 Å². The van der Waals surface area contributed by atoms with Crippen LogP contribution in [-0.2, 0) is 6.42 Å². The monoisotopic (exact) mass is 277 g/mol. The lowest BCUT2D eigenvalue weighted by Crippen LogP contribution is -2.06. The summed E-state index contributed by atoms with van der Waals surface area (Å²) in [7, 11) is 0. The van der Waals surface area contributed by atoms with E-state index in [4.69, 9.17) is 0 Å². The minimum absolute atomic E-state index is 0.834. The lowest BCUT2D eigenvalue weighted by molar-refractivity contribution is 0.953. The number of nitrogens with zero attached hydrogens (tertiary/aromatic N) is 2. The summed E-state index contributed by atoms with van der Waals surface area (Å²) >= 11 is 3.34. The van der Waals surface area contributed by atoms with E-state index in [1.54, 1.807) is 0 Å². The molecule has 2 aromatic heterocycles. The molecule has 2 heterocycles. The Bertz CT molecular complexity index is 445. The zero-order valence-corrected chi connectivity index (χ0v) is 10.3. The van der Waals surface area contributed by atoms with Crippen molar-refractivity contribution in [2.75, 3.05) is 11.9 Å². The Kier molecular flexibility index (Phi) is 3.88. The van der Waals surface area contributed by atoms with Crippen LogP contribution in [-0.4, -0.2) is 16.5 Å². The summed E-state index contributed by atoms with van der Waals surface area (Å²) in [4.78, 5) is 8.55. The van der Waals surface area contributed by atoms with E-state index in [0.29, 0.717) is 0 Å². The van der Waals surface area contributed by atoms with Gasteiger partial charge >= 0.3 is 0 Å². The van der Waals surface area contributed by atoms with Gasteiger partial charge in [0.05, 0.1) is 0 Å². The van der Waals surface area contributed by atoms with Gasteiger partial charge in [-0.25, -0.2) is 4.98 Å². The topological polar surface area (TPSA) is 37.8 Å². The third kappa shape index (κ3) is 3.31. The average Bonchev–Trinajstić information content (AvgIpc) is 2.30. The molecule has 0 bridgehead atoms. The molecule has 0 atom stereocenters. The second-order valence-corrected chi connectivity index (χ2v) is 4.16. The Balaban J connectivity index is 1.85. The lowest BCUT2D eigenvalue weighted by Gasteiger charge is -2.05. The van der Waals surface area contributed by atoms with Gasteiger partial charge in [0.2, 0.25) is 0 Å². The Labute approximate surface area is 103 Å². The van der Waals surface area contributed by atoms with Gasteiger partial charge in [0.15, 0.2) is 0 Å². The van der Waals surface area contributed by atoms with Crippen molar-refractivity contribution >= 4 is 21.7 Å². The molecule has 0 aliphatic heterocycles. The van der Waals surface area contributed by atoms with Gasteiger partial charge in [-0.1, -0.05) is 12.1 Å². The molecule has 0 fully saturated rings. The molecule has 0 saturated carbocycles. The number of rotatable bonds is 4. The van der Waals surface area contributed by atoms with Crippen LogP contribution in [0.4, 0.5) is 5.82 Å². The van der Waals surface area contributed by atoms with Crippen molar-refractivity contribution in [1.29, 1.82) is 0 Å². The van der Waals surface area contributed by atoms with E-state index in [-0.39, 0.29) is 0 Å². The van der Waals surface area contributed by atoms with Crippen molar-refractivity contribution in [1.82, 2.24) is 9.97 Å². The van der Waals surface area contributed by atoms with Crippen molar-refractivity contribution in [2.24, 2.45) is 0 Å². The molecule has 2 aromatic rings. The summed E-state index contributed by atoms with van der Waals surface area (Å²) < 4.78 is 0.843. The smallest absolute Gasteiger partial charge is 0.127 e. The average molecular weight is 278 g/mol. The SMILES string of the molecule is Brc1cccc(NCCc2ccccn2)n1. The minimum atomic E-state index is 0.834. The summed E-state index contributed by atoms with van der Waals surface area (Å²) in [6, 6.07) is 11.8. The normalized spacial score (nSPS) is 10.1. The van der Waals surface area contributed by atoms with Gasteiger partial charge in [-0.15, -0.1) is 0 Å². The first-order valence-corrected chi connectivity index (χ1v) is 5.90. The summed E-state index contributed by atoms with van der Waals surface area (Å²) in [6.45, 7) is 0.834. The number of nitrogens with one attached hydrogen (secondary N) is 1. The Morgan fingerprint density at radius 3 is 2.81 bits per heavy atom. The van der Waals surface area contributed by atoms with Gasteiger partial charge in [0, 0.05) is 24.9 Å². The maximum absolute atomic E-state index is 4.29. The summed E-state index contributed by atoms with van der Waals surface area (Å²) in [6.07, 6.45) is 2.71. The Morgan fingerprint density at radius 2 is 2.06 bits per heavy atom. The highest BCUT2D eigenvalue weighted by molar-refractivity contribution is 9.10. The second-order valence-electron chi connectivity index (χ2n) is 3.34. The summed E-state index contributed by atoms with van der Waals surface area (Å²) in [5.41, 5.74) is 1.09. The zero-order valence-electron chi connectivity index (χ0n) is 8.73. The van der Waals surface area contributed by atoms with Gasteiger partial charge in [0.25, 0.3) is 0 Å². The molecular weight excluding hydrogens is 266 g/mol. The minimum Gasteiger partial charge on any atom is -0.370 e. The zero-order chi connectivity index (χ0) is 11.2. The fraction of sp³-hybridized carbons (Fsp3) is 0.167. The number of aromatic nitrogens is 2. The van der Waals surface area contributed by atoms with Crippen molar-refractivity contribution < 1.29 is 0 Å². The first-order chi connectivity index (χ1) is 7.84. The predicted molar refractivity (Wildman–Crippen MR) is 68.4 cm³/mol. The highest BCUT2D eigenvalue weighted by Gasteiger charge is 1.95. The van der Waals surface area contributed by atoms with Crippen molar-refractivity contribution in [3.8, 4) is 0 Å². The molecule has 0 aliphatic rings. The molecule has 0 unspecified atom stereocenters. The molecule has 2 rings (SSSR count). The molecule has 0 aliphatic carbocycles. The van der Waals surface area contributed by atoms with Gasteiger partial charge in [-0.3, -0.25) is 4.98 Å². The molecule has 82 valence electrons. The van der Waals surface area contributed by atoms with Crippen molar-refractivity contribution in [2.45, 2.75) is 6.42 Å². The molecule has 0 spiro atoms. The van der Waals surface area contributed by atoms with Crippen molar-refractivity contribution in [3.63, 3.8) is 0 Å². The van der Waals surface area contributed by atoms with E-state index in [2.05, 4.69) is 31.2 Å². The standard InChI is InChI=1S/C12H12BrN3/c13-11-5-3-6-12(16-11)15-9-7-10-4-1-2-8-14-10/h1-6,8H,7,9H2,(H,15,16). The number of hydrogen-bond acceptors (Lipinski definition) is 3. The first-order valence-electron chi connectivity index (χ1n) is 5.11. The van der Waals surface area contributed by atoms with Gasteiger partial charge in [0.1, 0.15) is 10.4 Å². The van der Waals surface area contributed by atoms with E-state index >= 15 is 0 Å². The van der Waals surface area contributed by atoms with Crippen LogP contribution in [0.25, 0.3) is 0 Å². The number of pyridine rings is 2. The third-order valence-electron chi connectivity index (χ3n) is 2.13. The highest BCUT2D eigenvalue weighted by atomic mass is 79.9. The molecule has 3 nitrogen and oxygen atoms in total. The van der Waals surface area contributed by atoms with Crippen molar-refractivity contribution in [3.05, 3.63) is 52.9 Å². The van der Waals surface area contributed by atoms with Gasteiger partial charge in [-0.2, -0.15) is 0 Å². The molecule has 0 amide bonds. The van der Waals surface area contributed by atoms with Crippen LogP contribution in [0.5, 0.6) is 0 Å². The van der Waals surface area contributed by atoms with Crippen LogP contribution in [0.1, 0.15) is 5.69 Å². The summed E-state index contributed by atoms with van der Waals surface area (Å²) in [5.74, 6) is 0.880. The Hall–Kier alpha value is -1.42. The molecule has 16 heavy (non-hydrogen) atoms. The Morgan fingerprint density at radius 1 is 1.12 bits per heavy atom. The van der Waals surface area contributed by atoms with Gasteiger partial charge in [-0.05, 0) is 40.2 Å². The predicted octanol–water partition coefficient (Wildman–Crippen LogP) is 2.89. The van der Waals surface area contributed by atoms with E-state index in [0.717, 1.165) is 29.1 Å². The fourth-order valence-electron chi connectivity index (χ4n) is 1.37. The van der Waals surface area contributed by atoms with Gasteiger partial charge < -0.3 is 5.32 Å². The van der Waals surface area contributed by atoms with E-state index in [9.17, 15) is 0 Å². The highest BCUT2D eigenvalue weighted by Crippen LogP contribution is 2.09. The third-order valence-corrected chi connectivity index (χ3v) is 2.57. The first kappa shape index (κ1) is 11.1. The molecular formula is C12H12BrN3. The molecule has 0 saturated heterocycles. The summed E-state index contributed by atoms with van der Waals surface area (Å²) in [5, 5.41) is 3.25. The maximum atomic E-state index is 4.29. The van der Waals surface area contributed by atoms with E-state index < -0.39 is 0 Å². The van der Waals surface area contributed by atoms with Crippen LogP contribution < -0.4 is 5.32 Å². The number of hydrogen-bond donors (Lipinski definition) is 1. The van der Waals surface area contributed by atoms with E-state index in [1.165, 1.54) is 0 Å². The second kappa shape index (κ2) is 5.61. The maximum Gasteiger partial charge on any atom is 0.127 e. The quantitative estimate of drug-likeness (QED) is 0.874. The van der Waals surface area contributed by atoms with E-state index in [1.807, 2.05) is 42.6 Å². The molecule has 1 N–H and O–H groups in total. The molecule has 4 heteroatoms. The van der Waals surface area contributed by atoms with Crippen LogP contribution in [0.2, 0.25) is 0 Å². The number of halogens is 1. The van der Waals surface area contributed by atoms with Crippen LogP contribution in [0.15, 0.2) is 47.2 Å². The fourth-order valence-corrected chi connectivity index (χ4v) is 1.72. The largest absolute Gasteiger partial charge is 0.370 e.